The molecule has 1 aromatic rings. The highest BCUT2D eigenvalue weighted by molar-refractivity contribution is 4.86. The summed E-state index contributed by atoms with van der Waals surface area (Å²) in [6.07, 6.45) is 6.88. The van der Waals surface area contributed by atoms with Gasteiger partial charge in [0, 0.05) is 12.1 Å². The summed E-state index contributed by atoms with van der Waals surface area (Å²) in [4.78, 5) is 0. The van der Waals surface area contributed by atoms with E-state index >= 15 is 0 Å². The first kappa shape index (κ1) is 8.54. The third kappa shape index (κ3) is 2.00. The van der Waals surface area contributed by atoms with E-state index in [0.29, 0.717) is 0 Å². The molecule has 2 rings (SSSR count). The fraction of sp³-hybridized carbons (Fsp3) is 0.545. The Morgan fingerprint density at radius 3 is 2.31 bits per heavy atom. The van der Waals surface area contributed by atoms with E-state index < -0.39 is 0 Å². The molecule has 2 heteroatoms. The molecule has 1 fully saturated rings. The lowest BCUT2D eigenvalue weighted by Crippen LogP contribution is -2.59. The lowest BCUT2D eigenvalue weighted by Gasteiger charge is -2.25. The highest BCUT2D eigenvalue weighted by atomic mass is 15.5. The van der Waals surface area contributed by atoms with E-state index in [1.54, 1.807) is 0 Å². The van der Waals surface area contributed by atoms with Gasteiger partial charge in [0.15, 0.2) is 12.4 Å². The second-order valence-electron chi connectivity index (χ2n) is 3.89. The third-order valence-electron chi connectivity index (χ3n) is 2.79. The fourth-order valence-electron chi connectivity index (χ4n) is 1.80. The van der Waals surface area contributed by atoms with Gasteiger partial charge < -0.3 is 0 Å². The normalized spacial score (nSPS) is 19.0. The first-order chi connectivity index (χ1) is 6.36. The lowest BCUT2D eigenvalue weighted by atomic mass is 10.0. The highest BCUT2D eigenvalue weighted by Crippen LogP contribution is 2.12. The summed E-state index contributed by atoms with van der Waals surface area (Å²) >= 11 is 0. The first-order valence-corrected chi connectivity index (χ1v) is 5.08. The highest BCUT2D eigenvalue weighted by Gasteiger charge is 2.19. The number of aromatic nitrogens is 1. The van der Waals surface area contributed by atoms with Gasteiger partial charge in [0.05, 0.1) is 13.1 Å². The van der Waals surface area contributed by atoms with E-state index in [-0.39, 0.29) is 0 Å². The van der Waals surface area contributed by atoms with Crippen LogP contribution in [0.25, 0.3) is 0 Å². The van der Waals surface area contributed by atoms with Crippen LogP contribution >= 0.6 is 0 Å². The molecule has 2 heterocycles. The molecule has 1 saturated heterocycles. The number of piperidine rings is 1. The van der Waals surface area contributed by atoms with E-state index in [0.717, 1.165) is 5.92 Å². The zero-order chi connectivity index (χ0) is 9.10. The van der Waals surface area contributed by atoms with Crippen molar-refractivity contribution in [2.75, 3.05) is 18.1 Å². The van der Waals surface area contributed by atoms with Crippen LogP contribution in [-0.2, 0) is 0 Å². The molecule has 0 N–H and O–H groups in total. The molecule has 0 saturated carbocycles. The summed E-state index contributed by atoms with van der Waals surface area (Å²) in [5.41, 5.74) is 0. The summed E-state index contributed by atoms with van der Waals surface area (Å²) in [7, 11) is 0. The van der Waals surface area contributed by atoms with Crippen LogP contribution in [0, 0.1) is 5.92 Å². The van der Waals surface area contributed by atoms with E-state index in [4.69, 9.17) is 0 Å². The molecule has 0 unspecified atom stereocenters. The summed E-state index contributed by atoms with van der Waals surface area (Å²) < 4.78 is 2.20. The second-order valence-corrected chi connectivity index (χ2v) is 3.89. The Bertz CT molecular complexity index is 250. The monoisotopic (exact) mass is 177 g/mol. The van der Waals surface area contributed by atoms with E-state index in [1.807, 2.05) is 0 Å². The summed E-state index contributed by atoms with van der Waals surface area (Å²) in [5.74, 6) is 0.903. The topological polar surface area (TPSA) is 7.12 Å². The van der Waals surface area contributed by atoms with Crippen molar-refractivity contribution < 1.29 is 4.68 Å². The summed E-state index contributed by atoms with van der Waals surface area (Å²) in [6.45, 7) is 4.72. The molecule has 0 spiro atoms. The number of pyridine rings is 1. The van der Waals surface area contributed by atoms with Crippen LogP contribution in [0.2, 0.25) is 0 Å². The van der Waals surface area contributed by atoms with Gasteiger partial charge in [-0.1, -0.05) is 17.7 Å². The quantitative estimate of drug-likeness (QED) is 0.587. The molecular formula is C11H17N2+. The molecule has 0 aromatic carbocycles. The predicted molar refractivity (Wildman–Crippen MR) is 53.0 cm³/mol. The Labute approximate surface area is 79.8 Å². The molecule has 70 valence electrons. The molecule has 0 radical (unpaired) electrons. The molecular weight excluding hydrogens is 160 g/mol. The van der Waals surface area contributed by atoms with Crippen LogP contribution in [0.3, 0.4) is 0 Å². The van der Waals surface area contributed by atoms with Gasteiger partial charge in [0.2, 0.25) is 0 Å². The van der Waals surface area contributed by atoms with Crippen LogP contribution in [0.1, 0.15) is 19.8 Å². The van der Waals surface area contributed by atoms with Crippen molar-refractivity contribution in [3.05, 3.63) is 30.6 Å². The predicted octanol–water partition coefficient (Wildman–Crippen LogP) is 1.34. The Morgan fingerprint density at radius 1 is 1.08 bits per heavy atom. The maximum absolute atomic E-state index is 2.40. The fourth-order valence-corrected chi connectivity index (χ4v) is 1.80. The van der Waals surface area contributed by atoms with Gasteiger partial charge in [-0.2, -0.15) is 5.01 Å². The van der Waals surface area contributed by atoms with E-state index in [9.17, 15) is 0 Å². The minimum absolute atomic E-state index is 0.903. The van der Waals surface area contributed by atoms with Gasteiger partial charge >= 0.3 is 0 Å². The Hall–Kier alpha value is -1.05. The van der Waals surface area contributed by atoms with Crippen molar-refractivity contribution in [1.29, 1.82) is 0 Å². The van der Waals surface area contributed by atoms with Crippen molar-refractivity contribution in [1.82, 2.24) is 0 Å². The first-order valence-electron chi connectivity index (χ1n) is 5.08. The van der Waals surface area contributed by atoms with Crippen LogP contribution in [0.4, 0.5) is 0 Å². The maximum Gasteiger partial charge on any atom is 0.199 e. The third-order valence-corrected chi connectivity index (χ3v) is 2.79. The number of hydrogen-bond donors (Lipinski definition) is 0. The smallest absolute Gasteiger partial charge is 0.181 e. The van der Waals surface area contributed by atoms with Gasteiger partial charge in [0.1, 0.15) is 0 Å². The van der Waals surface area contributed by atoms with Gasteiger partial charge in [-0.15, -0.1) is 0 Å². The zero-order valence-corrected chi connectivity index (χ0v) is 8.19. The SMILES string of the molecule is CC1CCN([n+]2ccccc2)CC1. The summed E-state index contributed by atoms with van der Waals surface area (Å²) in [5, 5.41) is 2.40. The van der Waals surface area contributed by atoms with Crippen LogP contribution < -0.4 is 9.69 Å². The zero-order valence-electron chi connectivity index (χ0n) is 8.19. The standard InChI is InChI=1S/C11H17N2/c1-11-5-9-13(10-6-11)12-7-3-2-4-8-12/h2-4,7-8,11H,5-6,9-10H2,1H3/q+1. The Morgan fingerprint density at radius 2 is 1.69 bits per heavy atom. The molecule has 1 aliphatic rings. The second kappa shape index (κ2) is 3.77. The average molecular weight is 177 g/mol. The van der Waals surface area contributed by atoms with Gasteiger partial charge in [-0.3, -0.25) is 0 Å². The molecule has 0 aliphatic carbocycles. The number of hydrogen-bond acceptors (Lipinski definition) is 1. The Kier molecular flexibility index (Phi) is 2.48. The van der Waals surface area contributed by atoms with Crippen molar-refractivity contribution in [3.8, 4) is 0 Å². The molecule has 1 aliphatic heterocycles. The molecule has 0 bridgehead atoms. The van der Waals surface area contributed by atoms with Crippen molar-refractivity contribution >= 4 is 0 Å². The molecule has 1 aromatic heterocycles. The van der Waals surface area contributed by atoms with Crippen molar-refractivity contribution in [3.63, 3.8) is 0 Å². The Balaban J connectivity index is 2.03. The molecule has 0 amide bonds. The molecule has 0 atom stereocenters. The van der Waals surface area contributed by atoms with Crippen molar-refractivity contribution in [2.24, 2.45) is 5.92 Å². The molecule has 13 heavy (non-hydrogen) atoms. The van der Waals surface area contributed by atoms with Crippen molar-refractivity contribution in [2.45, 2.75) is 19.8 Å². The van der Waals surface area contributed by atoms with Crippen LogP contribution in [0.15, 0.2) is 30.6 Å². The number of nitrogens with zero attached hydrogens (tertiary/aromatic N) is 2. The lowest BCUT2D eigenvalue weighted by molar-refractivity contribution is -0.694. The summed E-state index contributed by atoms with van der Waals surface area (Å²) in [6, 6.07) is 6.22. The minimum atomic E-state index is 0.903. The number of rotatable bonds is 1. The van der Waals surface area contributed by atoms with E-state index in [1.165, 1.54) is 25.9 Å². The molecule has 2 nitrogen and oxygen atoms in total. The van der Waals surface area contributed by atoms with Gasteiger partial charge in [-0.05, 0) is 18.8 Å². The van der Waals surface area contributed by atoms with Crippen LogP contribution in [0.5, 0.6) is 0 Å². The van der Waals surface area contributed by atoms with Gasteiger partial charge in [-0.25, -0.2) is 0 Å². The van der Waals surface area contributed by atoms with Gasteiger partial charge in [0.25, 0.3) is 0 Å². The maximum atomic E-state index is 2.40. The average Bonchev–Trinajstić information content (AvgIpc) is 2.20. The van der Waals surface area contributed by atoms with E-state index in [2.05, 4.69) is 47.2 Å². The van der Waals surface area contributed by atoms with Crippen LogP contribution in [-0.4, -0.2) is 13.1 Å². The largest absolute Gasteiger partial charge is 0.199 e. The minimum Gasteiger partial charge on any atom is -0.181 e.